The summed E-state index contributed by atoms with van der Waals surface area (Å²) in [6, 6.07) is 9.72. The summed E-state index contributed by atoms with van der Waals surface area (Å²) >= 11 is 0. The SMILES string of the molecule is Cc1cnc(C(=O)N2[C@@H]3CC[C@H](C3)[C@H]2c2nc(-c3ccccc3)no2)cn1. The molecule has 27 heavy (non-hydrogen) atoms. The smallest absolute Gasteiger partial charge is 0.274 e. The molecule has 3 heterocycles. The van der Waals surface area contributed by atoms with Crippen LogP contribution in [0.25, 0.3) is 11.4 Å². The van der Waals surface area contributed by atoms with Gasteiger partial charge in [0, 0.05) is 17.8 Å². The summed E-state index contributed by atoms with van der Waals surface area (Å²) < 4.78 is 5.60. The number of rotatable bonds is 3. The predicted octanol–water partition coefficient (Wildman–Crippen LogP) is 3.20. The van der Waals surface area contributed by atoms with E-state index in [9.17, 15) is 4.79 Å². The molecule has 2 aliphatic rings. The zero-order valence-electron chi connectivity index (χ0n) is 14.9. The minimum atomic E-state index is -0.190. The minimum Gasteiger partial charge on any atom is -0.337 e. The van der Waals surface area contributed by atoms with Crippen LogP contribution in [-0.2, 0) is 0 Å². The van der Waals surface area contributed by atoms with Gasteiger partial charge in [-0.25, -0.2) is 4.98 Å². The second-order valence-electron chi connectivity index (χ2n) is 7.25. The van der Waals surface area contributed by atoms with E-state index in [0.29, 0.717) is 23.3 Å². The molecule has 1 amide bonds. The number of fused-ring (bicyclic) bond motifs is 2. The number of aryl methyl sites for hydroxylation is 1. The molecule has 5 rings (SSSR count). The monoisotopic (exact) mass is 361 g/mol. The zero-order chi connectivity index (χ0) is 18.4. The van der Waals surface area contributed by atoms with Crippen LogP contribution in [0.15, 0.2) is 47.2 Å². The number of aromatic nitrogens is 4. The van der Waals surface area contributed by atoms with E-state index in [1.165, 1.54) is 0 Å². The summed E-state index contributed by atoms with van der Waals surface area (Å²) in [5, 5.41) is 4.14. The van der Waals surface area contributed by atoms with Crippen LogP contribution in [-0.4, -0.2) is 37.0 Å². The first-order valence-corrected chi connectivity index (χ1v) is 9.21. The fraction of sp³-hybridized carbons (Fsp3) is 0.350. The molecule has 0 unspecified atom stereocenters. The number of hydrogen-bond acceptors (Lipinski definition) is 6. The molecule has 7 nitrogen and oxygen atoms in total. The van der Waals surface area contributed by atoms with Gasteiger partial charge in [-0.3, -0.25) is 9.78 Å². The van der Waals surface area contributed by atoms with Crippen LogP contribution in [0.2, 0.25) is 0 Å². The molecule has 1 aliphatic heterocycles. The van der Waals surface area contributed by atoms with E-state index in [4.69, 9.17) is 4.52 Å². The second-order valence-corrected chi connectivity index (χ2v) is 7.25. The quantitative estimate of drug-likeness (QED) is 0.712. The van der Waals surface area contributed by atoms with E-state index in [1.54, 1.807) is 12.4 Å². The Morgan fingerprint density at radius 3 is 2.78 bits per heavy atom. The molecule has 2 bridgehead atoms. The molecule has 0 spiro atoms. The van der Waals surface area contributed by atoms with Crippen LogP contribution in [0.1, 0.15) is 47.4 Å². The average Bonchev–Trinajstić information content (AvgIpc) is 3.44. The molecule has 1 saturated carbocycles. The van der Waals surface area contributed by atoms with E-state index < -0.39 is 0 Å². The Labute approximate surface area is 156 Å². The van der Waals surface area contributed by atoms with Gasteiger partial charge in [-0.15, -0.1) is 0 Å². The highest BCUT2D eigenvalue weighted by atomic mass is 16.5. The summed E-state index contributed by atoms with van der Waals surface area (Å²) in [5.41, 5.74) is 2.05. The number of amides is 1. The molecule has 0 radical (unpaired) electrons. The van der Waals surface area contributed by atoms with E-state index >= 15 is 0 Å². The maximum atomic E-state index is 13.1. The third kappa shape index (κ3) is 2.70. The topological polar surface area (TPSA) is 85.0 Å². The van der Waals surface area contributed by atoms with Gasteiger partial charge in [0.25, 0.3) is 5.91 Å². The second kappa shape index (κ2) is 6.26. The van der Waals surface area contributed by atoms with Crippen LogP contribution in [0.4, 0.5) is 0 Å². The standard InChI is InChI=1S/C20H19N5O2/c1-12-10-22-16(11-21-12)20(26)25-15-8-7-14(9-15)17(25)19-23-18(24-27-19)13-5-3-2-4-6-13/h2-6,10-11,14-15,17H,7-9H2,1H3/t14-,15-,17+/m1/s1. The Morgan fingerprint density at radius 1 is 1.15 bits per heavy atom. The Balaban J connectivity index is 1.48. The van der Waals surface area contributed by atoms with E-state index in [1.807, 2.05) is 42.2 Å². The third-order valence-corrected chi connectivity index (χ3v) is 5.55. The molecule has 7 heteroatoms. The van der Waals surface area contributed by atoms with E-state index in [2.05, 4.69) is 20.1 Å². The van der Waals surface area contributed by atoms with Crippen LogP contribution < -0.4 is 0 Å². The molecule has 3 aromatic rings. The number of likely N-dealkylation sites (tertiary alicyclic amines) is 1. The highest BCUT2D eigenvalue weighted by Crippen LogP contribution is 2.50. The van der Waals surface area contributed by atoms with Crippen LogP contribution in [0, 0.1) is 12.8 Å². The summed E-state index contributed by atoms with van der Waals surface area (Å²) in [7, 11) is 0. The van der Waals surface area contributed by atoms with Gasteiger partial charge in [-0.1, -0.05) is 35.5 Å². The lowest BCUT2D eigenvalue weighted by atomic mass is 9.98. The first kappa shape index (κ1) is 16.1. The highest BCUT2D eigenvalue weighted by molar-refractivity contribution is 5.92. The Morgan fingerprint density at radius 2 is 2.00 bits per heavy atom. The Hall–Kier alpha value is -3.09. The number of carbonyl (C=O) groups excluding carboxylic acids is 1. The van der Waals surface area contributed by atoms with Gasteiger partial charge in [-0.2, -0.15) is 4.98 Å². The number of piperidine rings is 1. The van der Waals surface area contributed by atoms with E-state index in [0.717, 1.165) is 30.5 Å². The number of carbonyl (C=O) groups is 1. The van der Waals surface area contributed by atoms with E-state index in [-0.39, 0.29) is 18.0 Å². The van der Waals surface area contributed by atoms with Crippen molar-refractivity contribution in [2.75, 3.05) is 0 Å². The van der Waals surface area contributed by atoms with Crippen LogP contribution >= 0.6 is 0 Å². The zero-order valence-corrected chi connectivity index (χ0v) is 14.9. The number of benzene rings is 1. The van der Waals surface area contributed by atoms with Gasteiger partial charge in [0.15, 0.2) is 0 Å². The molecule has 136 valence electrons. The fourth-order valence-electron chi connectivity index (χ4n) is 4.29. The van der Waals surface area contributed by atoms with Crippen LogP contribution in [0.5, 0.6) is 0 Å². The number of hydrogen-bond donors (Lipinski definition) is 0. The fourth-order valence-corrected chi connectivity index (χ4v) is 4.29. The lowest BCUT2D eigenvalue weighted by molar-refractivity contribution is 0.0532. The molecular weight excluding hydrogens is 342 g/mol. The number of nitrogens with zero attached hydrogens (tertiary/aromatic N) is 5. The Bertz CT molecular complexity index is 970. The van der Waals surface area contributed by atoms with Crippen molar-refractivity contribution in [2.24, 2.45) is 5.92 Å². The molecule has 0 N–H and O–H groups in total. The minimum absolute atomic E-state index is 0.112. The predicted molar refractivity (Wildman–Crippen MR) is 96.5 cm³/mol. The molecular formula is C20H19N5O2. The van der Waals surface area contributed by atoms with Crippen molar-refractivity contribution < 1.29 is 9.32 Å². The van der Waals surface area contributed by atoms with Gasteiger partial charge in [-0.05, 0) is 32.1 Å². The van der Waals surface area contributed by atoms with Crippen molar-refractivity contribution in [2.45, 2.75) is 38.3 Å². The summed E-state index contributed by atoms with van der Waals surface area (Å²) in [4.78, 5) is 28.1. The van der Waals surface area contributed by atoms with Crippen molar-refractivity contribution >= 4 is 5.91 Å². The maximum Gasteiger partial charge on any atom is 0.274 e. The van der Waals surface area contributed by atoms with Crippen molar-refractivity contribution in [3.05, 3.63) is 60.0 Å². The first-order chi connectivity index (χ1) is 13.2. The largest absolute Gasteiger partial charge is 0.337 e. The summed E-state index contributed by atoms with van der Waals surface area (Å²) in [6.45, 7) is 1.85. The van der Waals surface area contributed by atoms with Gasteiger partial charge < -0.3 is 9.42 Å². The molecule has 3 atom stereocenters. The molecule has 1 saturated heterocycles. The van der Waals surface area contributed by atoms with Gasteiger partial charge in [0.1, 0.15) is 11.7 Å². The molecule has 2 fully saturated rings. The maximum absolute atomic E-state index is 13.1. The van der Waals surface area contributed by atoms with Crippen molar-refractivity contribution in [1.82, 2.24) is 25.0 Å². The first-order valence-electron chi connectivity index (χ1n) is 9.21. The van der Waals surface area contributed by atoms with Gasteiger partial charge >= 0.3 is 0 Å². The third-order valence-electron chi connectivity index (χ3n) is 5.55. The summed E-state index contributed by atoms with van der Waals surface area (Å²) in [6.07, 6.45) is 6.22. The lowest BCUT2D eigenvalue weighted by Crippen LogP contribution is -2.40. The molecule has 2 aromatic heterocycles. The molecule has 1 aromatic carbocycles. The molecule has 1 aliphatic carbocycles. The highest BCUT2D eigenvalue weighted by Gasteiger charge is 2.51. The average molecular weight is 361 g/mol. The van der Waals surface area contributed by atoms with Crippen molar-refractivity contribution in [3.63, 3.8) is 0 Å². The summed E-state index contributed by atoms with van der Waals surface area (Å²) in [5.74, 6) is 1.30. The normalized spacial score (nSPS) is 23.7. The lowest BCUT2D eigenvalue weighted by Gasteiger charge is -2.32. The van der Waals surface area contributed by atoms with Gasteiger partial charge in [0.05, 0.1) is 11.9 Å². The van der Waals surface area contributed by atoms with Gasteiger partial charge in [0.2, 0.25) is 11.7 Å². The Kier molecular flexibility index (Phi) is 3.74. The van der Waals surface area contributed by atoms with Crippen molar-refractivity contribution in [1.29, 1.82) is 0 Å². The van der Waals surface area contributed by atoms with Crippen LogP contribution in [0.3, 0.4) is 0 Å². The van der Waals surface area contributed by atoms with Crippen molar-refractivity contribution in [3.8, 4) is 11.4 Å².